The molecule has 0 spiro atoms. The minimum absolute atomic E-state index is 0.116. The number of pyridine rings is 1. The van der Waals surface area contributed by atoms with Crippen molar-refractivity contribution < 1.29 is 0 Å². The molecular formula is C21H25ClN4. The normalized spacial score (nSPS) is 13.6. The third-order valence-electron chi connectivity index (χ3n) is 4.72. The van der Waals surface area contributed by atoms with Gasteiger partial charge in [-0.3, -0.25) is 4.98 Å². The highest BCUT2D eigenvalue weighted by Gasteiger charge is 2.17. The molecule has 0 fully saturated rings. The highest BCUT2D eigenvalue weighted by atomic mass is 35.5. The number of anilines is 1. The molecule has 3 rings (SSSR count). The van der Waals surface area contributed by atoms with Crippen LogP contribution in [0.2, 0.25) is 5.02 Å². The summed E-state index contributed by atoms with van der Waals surface area (Å²) in [5.41, 5.74) is 10.9. The zero-order chi connectivity index (χ0) is 18.7. The molecule has 3 aromatic rings. The van der Waals surface area contributed by atoms with Crippen LogP contribution in [0.15, 0.2) is 54.7 Å². The van der Waals surface area contributed by atoms with Crippen LogP contribution in [0.3, 0.4) is 0 Å². The number of fused-ring (bicyclic) bond motifs is 1. The summed E-state index contributed by atoms with van der Waals surface area (Å²) in [6, 6.07) is 16.3. The van der Waals surface area contributed by atoms with E-state index in [9.17, 15) is 0 Å². The first-order valence-electron chi connectivity index (χ1n) is 8.75. The lowest BCUT2D eigenvalue weighted by Gasteiger charge is -2.23. The van der Waals surface area contributed by atoms with Crippen molar-refractivity contribution in [2.45, 2.75) is 25.6 Å². The van der Waals surface area contributed by atoms with Gasteiger partial charge in [-0.1, -0.05) is 29.8 Å². The Morgan fingerprint density at radius 1 is 1.12 bits per heavy atom. The third-order valence-corrected chi connectivity index (χ3v) is 4.95. The smallest absolute Gasteiger partial charge is 0.0720 e. The Balaban J connectivity index is 1.71. The molecule has 4 nitrogen and oxygen atoms in total. The molecule has 0 bridgehead atoms. The summed E-state index contributed by atoms with van der Waals surface area (Å²) in [5, 5.41) is 5.27. The lowest BCUT2D eigenvalue weighted by atomic mass is 9.97. The lowest BCUT2D eigenvalue weighted by molar-refractivity contribution is 0.469. The van der Waals surface area contributed by atoms with E-state index in [0.717, 1.165) is 23.0 Å². The number of nitrogens with zero attached hydrogens (tertiary/aromatic N) is 2. The van der Waals surface area contributed by atoms with Crippen LogP contribution in [0.5, 0.6) is 0 Å². The molecule has 2 atom stereocenters. The van der Waals surface area contributed by atoms with E-state index in [1.807, 2.05) is 38.4 Å². The van der Waals surface area contributed by atoms with Crippen LogP contribution < -0.4 is 16.0 Å². The molecule has 26 heavy (non-hydrogen) atoms. The number of aromatic nitrogens is 1. The summed E-state index contributed by atoms with van der Waals surface area (Å²) >= 11 is 6.07. The molecule has 2 unspecified atom stereocenters. The predicted octanol–water partition coefficient (Wildman–Crippen LogP) is 4.13. The van der Waals surface area contributed by atoms with Gasteiger partial charge in [-0.2, -0.15) is 0 Å². The Morgan fingerprint density at radius 3 is 2.54 bits per heavy atom. The van der Waals surface area contributed by atoms with Gasteiger partial charge in [-0.05, 0) is 48.4 Å². The highest BCUT2D eigenvalue weighted by Crippen LogP contribution is 2.26. The molecular weight excluding hydrogens is 344 g/mol. The van der Waals surface area contributed by atoms with Crippen LogP contribution in [-0.4, -0.2) is 25.1 Å². The van der Waals surface area contributed by atoms with Crippen molar-refractivity contribution in [1.82, 2.24) is 10.3 Å². The number of rotatable bonds is 6. The monoisotopic (exact) mass is 368 g/mol. The van der Waals surface area contributed by atoms with Crippen LogP contribution in [0.1, 0.15) is 24.1 Å². The second-order valence-electron chi connectivity index (χ2n) is 6.82. The zero-order valence-electron chi connectivity index (χ0n) is 15.4. The predicted molar refractivity (Wildman–Crippen MR) is 111 cm³/mol. The van der Waals surface area contributed by atoms with E-state index in [-0.39, 0.29) is 12.1 Å². The van der Waals surface area contributed by atoms with Gasteiger partial charge in [-0.25, -0.2) is 0 Å². The van der Waals surface area contributed by atoms with Crippen LogP contribution >= 0.6 is 11.6 Å². The minimum Gasteiger partial charge on any atom is -0.378 e. The Bertz CT molecular complexity index is 877. The van der Waals surface area contributed by atoms with E-state index < -0.39 is 0 Å². The topological polar surface area (TPSA) is 54.2 Å². The molecule has 0 amide bonds. The van der Waals surface area contributed by atoms with E-state index >= 15 is 0 Å². The van der Waals surface area contributed by atoms with Gasteiger partial charge >= 0.3 is 0 Å². The summed E-state index contributed by atoms with van der Waals surface area (Å²) in [7, 11) is 4.08. The third kappa shape index (κ3) is 4.15. The molecule has 0 radical (unpaired) electrons. The molecule has 1 heterocycles. The Hall–Kier alpha value is -2.14. The number of benzene rings is 2. The van der Waals surface area contributed by atoms with Crippen LogP contribution in [0.4, 0.5) is 5.69 Å². The summed E-state index contributed by atoms with van der Waals surface area (Å²) in [5.74, 6) is 0. The molecule has 2 aromatic carbocycles. The highest BCUT2D eigenvalue weighted by molar-refractivity contribution is 6.31. The quantitative estimate of drug-likeness (QED) is 0.686. The maximum atomic E-state index is 6.54. The first-order chi connectivity index (χ1) is 12.5. The van der Waals surface area contributed by atoms with E-state index in [2.05, 4.69) is 46.4 Å². The Labute approximate surface area is 160 Å². The average molecular weight is 369 g/mol. The lowest BCUT2D eigenvalue weighted by Crippen LogP contribution is -2.36. The molecule has 0 aliphatic heterocycles. The molecule has 0 saturated heterocycles. The SMILES string of the molecule is CC(NCc1ccc(N(C)C)cc1)C(N)c1ccnc2cc(Cl)ccc12. The van der Waals surface area contributed by atoms with Gasteiger partial charge < -0.3 is 16.0 Å². The van der Waals surface area contributed by atoms with Crippen LogP contribution in [0, 0.1) is 0 Å². The van der Waals surface area contributed by atoms with Crippen molar-refractivity contribution in [3.63, 3.8) is 0 Å². The van der Waals surface area contributed by atoms with Crippen molar-refractivity contribution in [3.8, 4) is 0 Å². The summed E-state index contributed by atoms with van der Waals surface area (Å²) in [4.78, 5) is 6.49. The molecule has 1 aromatic heterocycles. The number of hydrogen-bond donors (Lipinski definition) is 2. The molecule has 0 aliphatic carbocycles. The standard InChI is InChI=1S/C21H25ClN4/c1-14(25-13-15-4-7-17(8-5-15)26(2)3)21(23)19-10-11-24-20-12-16(22)6-9-18(19)20/h4-12,14,21,25H,13,23H2,1-3H3. The van der Waals surface area contributed by atoms with E-state index in [1.165, 1.54) is 11.3 Å². The minimum atomic E-state index is -0.136. The van der Waals surface area contributed by atoms with Crippen molar-refractivity contribution in [1.29, 1.82) is 0 Å². The van der Waals surface area contributed by atoms with Gasteiger partial charge in [0, 0.05) is 55.0 Å². The second kappa shape index (κ2) is 8.04. The molecule has 136 valence electrons. The maximum Gasteiger partial charge on any atom is 0.0720 e. The van der Waals surface area contributed by atoms with Crippen LogP contribution in [-0.2, 0) is 6.54 Å². The number of nitrogens with one attached hydrogen (secondary N) is 1. The molecule has 5 heteroatoms. The fourth-order valence-electron chi connectivity index (χ4n) is 3.02. The van der Waals surface area contributed by atoms with E-state index in [1.54, 1.807) is 6.20 Å². The molecule has 3 N–H and O–H groups in total. The van der Waals surface area contributed by atoms with Crippen molar-refractivity contribution in [2.24, 2.45) is 5.73 Å². The number of hydrogen-bond acceptors (Lipinski definition) is 4. The molecule has 0 aliphatic rings. The largest absolute Gasteiger partial charge is 0.378 e. The van der Waals surface area contributed by atoms with E-state index in [0.29, 0.717) is 5.02 Å². The van der Waals surface area contributed by atoms with Crippen molar-refractivity contribution in [2.75, 3.05) is 19.0 Å². The Morgan fingerprint density at radius 2 is 1.85 bits per heavy atom. The van der Waals surface area contributed by atoms with Crippen LogP contribution in [0.25, 0.3) is 10.9 Å². The van der Waals surface area contributed by atoms with Gasteiger partial charge in [0.25, 0.3) is 0 Å². The van der Waals surface area contributed by atoms with Gasteiger partial charge in [-0.15, -0.1) is 0 Å². The van der Waals surface area contributed by atoms with Gasteiger partial charge in [0.1, 0.15) is 0 Å². The second-order valence-corrected chi connectivity index (χ2v) is 7.25. The number of halogens is 1. The zero-order valence-corrected chi connectivity index (χ0v) is 16.2. The van der Waals surface area contributed by atoms with Gasteiger partial charge in [0.2, 0.25) is 0 Å². The number of nitrogens with two attached hydrogens (primary N) is 1. The maximum absolute atomic E-state index is 6.54. The summed E-state index contributed by atoms with van der Waals surface area (Å²) < 4.78 is 0. The summed E-state index contributed by atoms with van der Waals surface area (Å²) in [6.07, 6.45) is 1.79. The fourth-order valence-corrected chi connectivity index (χ4v) is 3.19. The summed E-state index contributed by atoms with van der Waals surface area (Å²) in [6.45, 7) is 2.89. The van der Waals surface area contributed by atoms with Crippen molar-refractivity contribution >= 4 is 28.2 Å². The van der Waals surface area contributed by atoms with Gasteiger partial charge in [0.15, 0.2) is 0 Å². The average Bonchev–Trinajstić information content (AvgIpc) is 2.65. The van der Waals surface area contributed by atoms with Gasteiger partial charge in [0.05, 0.1) is 5.52 Å². The van der Waals surface area contributed by atoms with Crippen molar-refractivity contribution in [3.05, 3.63) is 70.9 Å². The Kier molecular flexibility index (Phi) is 5.77. The van der Waals surface area contributed by atoms with E-state index in [4.69, 9.17) is 17.3 Å². The first-order valence-corrected chi connectivity index (χ1v) is 9.13. The molecule has 0 saturated carbocycles. The first kappa shape index (κ1) is 18.6. The fraction of sp³-hybridized carbons (Fsp3) is 0.286.